The van der Waals surface area contributed by atoms with Crippen molar-refractivity contribution in [1.29, 1.82) is 0 Å². The van der Waals surface area contributed by atoms with Gasteiger partial charge in [-0.25, -0.2) is 13.6 Å². The van der Waals surface area contributed by atoms with Crippen LogP contribution in [-0.2, 0) is 0 Å². The van der Waals surface area contributed by atoms with Gasteiger partial charge >= 0.3 is 11.8 Å². The lowest BCUT2D eigenvalue weighted by Gasteiger charge is -2.05. The summed E-state index contributed by atoms with van der Waals surface area (Å²) in [4.78, 5) is 11.9. The van der Waals surface area contributed by atoms with Crippen LogP contribution in [0.3, 0.4) is 0 Å². The fourth-order valence-electron chi connectivity index (χ4n) is 1.95. The molecule has 0 spiro atoms. The molecule has 0 fully saturated rings. The zero-order valence-corrected chi connectivity index (χ0v) is 13.5. The van der Waals surface area contributed by atoms with E-state index in [0.717, 1.165) is 16.8 Å². The third-order valence-corrected chi connectivity index (χ3v) is 3.08. The molecule has 0 aliphatic heterocycles. The summed E-state index contributed by atoms with van der Waals surface area (Å²) < 4.78 is 42.2. The van der Waals surface area contributed by atoms with Gasteiger partial charge < -0.3 is 19.6 Å². The SMILES string of the molecule is COc1cc(-n2nc(Oc3ccc(F)cc3F)oc2=O)ccc1N.Cl. The maximum absolute atomic E-state index is 13.6. The van der Waals surface area contributed by atoms with Gasteiger partial charge in [0.15, 0.2) is 11.6 Å². The van der Waals surface area contributed by atoms with Crippen LogP contribution in [0.5, 0.6) is 17.6 Å². The molecule has 0 aliphatic rings. The van der Waals surface area contributed by atoms with Crippen LogP contribution < -0.4 is 21.0 Å². The van der Waals surface area contributed by atoms with E-state index >= 15 is 0 Å². The molecule has 0 unspecified atom stereocenters. The molecule has 1 heterocycles. The summed E-state index contributed by atoms with van der Waals surface area (Å²) in [7, 11) is 1.42. The number of nitrogen functional groups attached to an aromatic ring is 1. The minimum Gasteiger partial charge on any atom is -0.495 e. The number of ether oxygens (including phenoxy) is 2. The van der Waals surface area contributed by atoms with Crippen molar-refractivity contribution in [3.05, 3.63) is 58.6 Å². The van der Waals surface area contributed by atoms with E-state index < -0.39 is 23.5 Å². The van der Waals surface area contributed by atoms with Gasteiger partial charge in [-0.1, -0.05) is 5.10 Å². The Morgan fingerprint density at radius 2 is 1.92 bits per heavy atom. The van der Waals surface area contributed by atoms with Crippen LogP contribution in [0, 0.1) is 11.6 Å². The van der Waals surface area contributed by atoms with Gasteiger partial charge in [0.2, 0.25) is 0 Å². The lowest BCUT2D eigenvalue weighted by atomic mass is 10.2. The quantitative estimate of drug-likeness (QED) is 0.709. The molecule has 0 aliphatic carbocycles. The molecule has 7 nitrogen and oxygen atoms in total. The molecule has 3 rings (SSSR count). The van der Waals surface area contributed by atoms with Crippen molar-refractivity contribution in [2.45, 2.75) is 0 Å². The van der Waals surface area contributed by atoms with Crippen LogP contribution in [0.4, 0.5) is 14.5 Å². The molecule has 0 saturated heterocycles. The number of halogens is 3. The van der Waals surface area contributed by atoms with Crippen molar-refractivity contribution in [3.63, 3.8) is 0 Å². The molecule has 0 amide bonds. The Balaban J connectivity index is 0.00000225. The standard InChI is InChI=1S/C15H11F2N3O4.ClH/c1-22-13-7-9(3-4-11(13)18)20-15(21)24-14(19-20)23-12-5-2-8(16)6-10(12)17;/h2-7H,18H2,1H3;1H. The van der Waals surface area contributed by atoms with Gasteiger partial charge in [0.25, 0.3) is 0 Å². The van der Waals surface area contributed by atoms with Gasteiger partial charge in [0, 0.05) is 12.1 Å². The normalized spacial score (nSPS) is 10.2. The Morgan fingerprint density at radius 3 is 2.60 bits per heavy atom. The molecule has 2 aromatic carbocycles. The van der Waals surface area contributed by atoms with E-state index in [1.165, 1.54) is 25.3 Å². The smallest absolute Gasteiger partial charge is 0.444 e. The van der Waals surface area contributed by atoms with E-state index in [-0.39, 0.29) is 18.2 Å². The zero-order valence-electron chi connectivity index (χ0n) is 12.7. The lowest BCUT2D eigenvalue weighted by Crippen LogP contribution is -2.13. The number of methoxy groups -OCH3 is 1. The third kappa shape index (κ3) is 3.72. The Hall–Kier alpha value is -3.07. The second-order valence-electron chi connectivity index (χ2n) is 4.65. The van der Waals surface area contributed by atoms with E-state index in [9.17, 15) is 13.6 Å². The van der Waals surface area contributed by atoms with Crippen LogP contribution in [0.1, 0.15) is 0 Å². The highest BCUT2D eigenvalue weighted by molar-refractivity contribution is 5.85. The molecule has 0 saturated carbocycles. The van der Waals surface area contributed by atoms with Crippen molar-refractivity contribution in [1.82, 2.24) is 9.78 Å². The Bertz CT molecular complexity index is 958. The molecule has 1 aromatic heterocycles. The summed E-state index contributed by atoms with van der Waals surface area (Å²) in [5.74, 6) is -2.57. The number of nitrogens with zero attached hydrogens (tertiary/aromatic N) is 2. The highest BCUT2D eigenvalue weighted by atomic mass is 35.5. The molecule has 132 valence electrons. The first-order valence-corrected chi connectivity index (χ1v) is 6.65. The van der Waals surface area contributed by atoms with Crippen LogP contribution >= 0.6 is 12.4 Å². The average Bonchev–Trinajstić information content (AvgIpc) is 2.91. The Morgan fingerprint density at radius 1 is 1.16 bits per heavy atom. The monoisotopic (exact) mass is 371 g/mol. The van der Waals surface area contributed by atoms with Crippen LogP contribution in [0.2, 0.25) is 0 Å². The van der Waals surface area contributed by atoms with E-state index in [0.29, 0.717) is 23.2 Å². The van der Waals surface area contributed by atoms with Gasteiger partial charge in [0.05, 0.1) is 18.5 Å². The van der Waals surface area contributed by atoms with Crippen LogP contribution in [-0.4, -0.2) is 16.9 Å². The number of hydrogen-bond acceptors (Lipinski definition) is 6. The molecule has 10 heteroatoms. The minimum absolute atomic E-state index is 0. The highest BCUT2D eigenvalue weighted by Crippen LogP contribution is 2.25. The molecule has 25 heavy (non-hydrogen) atoms. The summed E-state index contributed by atoms with van der Waals surface area (Å²) in [6.07, 6.45) is -0.499. The molecular formula is C15H12ClF2N3O4. The summed E-state index contributed by atoms with van der Waals surface area (Å²) >= 11 is 0. The average molecular weight is 372 g/mol. The van der Waals surface area contributed by atoms with Gasteiger partial charge in [-0.3, -0.25) is 0 Å². The largest absolute Gasteiger partial charge is 0.495 e. The molecule has 0 radical (unpaired) electrons. The topological polar surface area (TPSA) is 92.5 Å². The van der Waals surface area contributed by atoms with Crippen molar-refractivity contribution < 1.29 is 22.7 Å². The Labute approximate surface area is 146 Å². The number of nitrogens with two attached hydrogens (primary N) is 1. The molecular weight excluding hydrogens is 360 g/mol. The highest BCUT2D eigenvalue weighted by Gasteiger charge is 2.15. The second-order valence-corrected chi connectivity index (χ2v) is 4.65. The van der Waals surface area contributed by atoms with Crippen molar-refractivity contribution in [3.8, 4) is 23.3 Å². The third-order valence-electron chi connectivity index (χ3n) is 3.08. The predicted molar refractivity (Wildman–Crippen MR) is 86.7 cm³/mol. The van der Waals surface area contributed by atoms with Crippen molar-refractivity contribution >= 4 is 18.1 Å². The number of rotatable bonds is 4. The lowest BCUT2D eigenvalue weighted by molar-refractivity contribution is 0.308. The Kier molecular flexibility index (Phi) is 5.28. The fourth-order valence-corrected chi connectivity index (χ4v) is 1.95. The molecule has 0 bridgehead atoms. The van der Waals surface area contributed by atoms with E-state index in [2.05, 4.69) is 5.10 Å². The van der Waals surface area contributed by atoms with Crippen molar-refractivity contribution in [2.75, 3.05) is 12.8 Å². The van der Waals surface area contributed by atoms with E-state index in [1.54, 1.807) is 0 Å². The maximum atomic E-state index is 13.6. The molecule has 3 aromatic rings. The number of hydrogen-bond donors (Lipinski definition) is 1. The first-order valence-electron chi connectivity index (χ1n) is 6.65. The number of anilines is 1. The van der Waals surface area contributed by atoms with E-state index in [1.807, 2.05) is 0 Å². The van der Waals surface area contributed by atoms with Crippen molar-refractivity contribution in [2.24, 2.45) is 0 Å². The first kappa shape index (κ1) is 18.3. The van der Waals surface area contributed by atoms with Gasteiger partial charge in [-0.2, -0.15) is 4.68 Å². The predicted octanol–water partition coefficient (Wildman–Crippen LogP) is 2.91. The summed E-state index contributed by atoms with van der Waals surface area (Å²) in [6.45, 7) is 0. The van der Waals surface area contributed by atoms with Gasteiger partial charge in [-0.05, 0) is 24.3 Å². The number of aromatic nitrogens is 2. The number of benzene rings is 2. The van der Waals surface area contributed by atoms with Gasteiger partial charge in [-0.15, -0.1) is 12.4 Å². The van der Waals surface area contributed by atoms with Crippen LogP contribution in [0.15, 0.2) is 45.6 Å². The molecule has 0 atom stereocenters. The molecule has 2 N–H and O–H groups in total. The summed E-state index contributed by atoms with van der Waals surface area (Å²) in [5.41, 5.74) is 6.39. The van der Waals surface area contributed by atoms with Crippen LogP contribution in [0.25, 0.3) is 5.69 Å². The minimum atomic E-state index is -0.957. The van der Waals surface area contributed by atoms with Gasteiger partial charge in [0.1, 0.15) is 11.6 Å². The van der Waals surface area contributed by atoms with E-state index in [4.69, 9.17) is 19.6 Å². The summed E-state index contributed by atoms with van der Waals surface area (Å²) in [6, 6.07) is 7.20. The maximum Gasteiger partial charge on any atom is 0.444 e. The summed E-state index contributed by atoms with van der Waals surface area (Å²) in [5, 5.41) is 3.80. The second kappa shape index (κ2) is 7.22. The first-order chi connectivity index (χ1) is 11.5. The zero-order chi connectivity index (χ0) is 17.3. The fraction of sp³-hybridized carbons (Fsp3) is 0.0667.